The SMILES string of the molecule is CN=CN(CC(O)(CN(C)/N=C\N(C)C)c1ccc(F)cc1F)NC. The van der Waals surface area contributed by atoms with Crippen LogP contribution in [0.3, 0.4) is 0 Å². The van der Waals surface area contributed by atoms with Gasteiger partial charge in [-0.1, -0.05) is 6.07 Å². The summed E-state index contributed by atoms with van der Waals surface area (Å²) in [6.07, 6.45) is 3.03. The summed E-state index contributed by atoms with van der Waals surface area (Å²) in [6, 6.07) is 3.11. The molecule has 140 valence electrons. The van der Waals surface area contributed by atoms with E-state index >= 15 is 0 Å². The van der Waals surface area contributed by atoms with Gasteiger partial charge in [0.15, 0.2) is 0 Å². The number of rotatable bonds is 9. The first kappa shape index (κ1) is 20.8. The molecule has 0 saturated heterocycles. The van der Waals surface area contributed by atoms with Gasteiger partial charge in [-0.05, 0) is 6.07 Å². The van der Waals surface area contributed by atoms with E-state index in [1.165, 1.54) is 22.4 Å². The van der Waals surface area contributed by atoms with Gasteiger partial charge in [-0.2, -0.15) is 5.10 Å². The van der Waals surface area contributed by atoms with Crippen LogP contribution in [0.5, 0.6) is 0 Å². The lowest BCUT2D eigenvalue weighted by Gasteiger charge is -2.35. The second-order valence-corrected chi connectivity index (χ2v) is 5.89. The number of nitrogens with one attached hydrogen (secondary N) is 1. The van der Waals surface area contributed by atoms with E-state index < -0.39 is 17.2 Å². The Labute approximate surface area is 147 Å². The van der Waals surface area contributed by atoms with Gasteiger partial charge < -0.3 is 10.0 Å². The summed E-state index contributed by atoms with van der Waals surface area (Å²) >= 11 is 0. The molecule has 9 heteroatoms. The first-order chi connectivity index (χ1) is 11.7. The number of benzene rings is 1. The summed E-state index contributed by atoms with van der Waals surface area (Å²) in [5.41, 5.74) is 1.16. The molecule has 0 spiro atoms. The Bertz CT molecular complexity index is 610. The lowest BCUT2D eigenvalue weighted by atomic mass is 9.92. The minimum atomic E-state index is -1.67. The molecule has 0 radical (unpaired) electrons. The fourth-order valence-electron chi connectivity index (χ4n) is 2.30. The van der Waals surface area contributed by atoms with Gasteiger partial charge in [0.2, 0.25) is 0 Å². The van der Waals surface area contributed by atoms with Crippen LogP contribution in [0.4, 0.5) is 8.78 Å². The number of aliphatic hydroxyl groups is 1. The van der Waals surface area contributed by atoms with Crippen LogP contribution in [-0.2, 0) is 5.60 Å². The Morgan fingerprint density at radius 1 is 1.20 bits per heavy atom. The largest absolute Gasteiger partial charge is 0.381 e. The Kier molecular flexibility index (Phi) is 7.72. The molecule has 0 aliphatic rings. The second kappa shape index (κ2) is 9.28. The molecule has 0 saturated carbocycles. The van der Waals surface area contributed by atoms with E-state index in [-0.39, 0.29) is 18.7 Å². The average molecular weight is 356 g/mol. The zero-order valence-electron chi connectivity index (χ0n) is 15.2. The summed E-state index contributed by atoms with van der Waals surface area (Å²) in [4.78, 5) is 5.62. The molecule has 0 aliphatic carbocycles. The molecule has 0 fully saturated rings. The van der Waals surface area contributed by atoms with Gasteiger partial charge >= 0.3 is 0 Å². The third-order valence-corrected chi connectivity index (χ3v) is 3.38. The summed E-state index contributed by atoms with van der Waals surface area (Å²) < 4.78 is 27.6. The maximum Gasteiger partial charge on any atom is 0.132 e. The maximum absolute atomic E-state index is 14.3. The van der Waals surface area contributed by atoms with Crippen molar-refractivity contribution in [2.75, 3.05) is 48.3 Å². The fourth-order valence-corrected chi connectivity index (χ4v) is 2.30. The van der Waals surface area contributed by atoms with Crippen molar-refractivity contribution in [1.82, 2.24) is 20.3 Å². The van der Waals surface area contributed by atoms with Crippen LogP contribution >= 0.6 is 0 Å². The highest BCUT2D eigenvalue weighted by Gasteiger charge is 2.35. The monoisotopic (exact) mass is 356 g/mol. The zero-order valence-corrected chi connectivity index (χ0v) is 15.2. The lowest BCUT2D eigenvalue weighted by molar-refractivity contribution is -0.0191. The normalized spacial score (nSPS) is 14.1. The molecule has 2 N–H and O–H groups in total. The molecule has 1 aromatic rings. The fraction of sp³-hybridized carbons (Fsp3) is 0.500. The summed E-state index contributed by atoms with van der Waals surface area (Å²) in [5.74, 6) is -1.53. The van der Waals surface area contributed by atoms with Crippen LogP contribution in [0.1, 0.15) is 5.56 Å². The Balaban J connectivity index is 3.20. The summed E-state index contributed by atoms with van der Waals surface area (Å²) in [5, 5.41) is 18.3. The third kappa shape index (κ3) is 6.28. The predicted octanol–water partition coefficient (Wildman–Crippen LogP) is 0.684. The van der Waals surface area contributed by atoms with Crippen LogP contribution in [0.25, 0.3) is 0 Å². The smallest absolute Gasteiger partial charge is 0.132 e. The maximum atomic E-state index is 14.3. The summed E-state index contributed by atoms with van der Waals surface area (Å²) in [6.45, 7) is -0.0408. The van der Waals surface area contributed by atoms with Gasteiger partial charge in [-0.3, -0.25) is 15.0 Å². The molecule has 0 bridgehead atoms. The Hall–Kier alpha value is -2.26. The number of hydrogen-bond donors (Lipinski definition) is 2. The Morgan fingerprint density at radius 3 is 2.40 bits per heavy atom. The topological polar surface area (TPSA) is 66.7 Å². The minimum Gasteiger partial charge on any atom is -0.381 e. The molecular formula is C16H26F2N6O. The molecule has 1 rings (SSSR count). The summed E-state index contributed by atoms with van der Waals surface area (Å²) in [7, 11) is 8.50. The molecule has 0 aromatic heterocycles. The van der Waals surface area contributed by atoms with Crippen LogP contribution < -0.4 is 5.43 Å². The molecule has 1 unspecified atom stereocenters. The number of hydrogen-bond acceptors (Lipinski definition) is 5. The highest BCUT2D eigenvalue weighted by atomic mass is 19.1. The molecule has 1 aromatic carbocycles. The van der Waals surface area contributed by atoms with Crippen molar-refractivity contribution in [1.29, 1.82) is 0 Å². The van der Waals surface area contributed by atoms with Gasteiger partial charge in [-0.15, -0.1) is 0 Å². The van der Waals surface area contributed by atoms with Crippen LogP contribution in [0.2, 0.25) is 0 Å². The molecule has 7 nitrogen and oxygen atoms in total. The van der Waals surface area contributed by atoms with E-state index in [1.807, 2.05) is 14.1 Å². The molecule has 25 heavy (non-hydrogen) atoms. The minimum absolute atomic E-state index is 0.0182. The molecular weight excluding hydrogens is 330 g/mol. The number of halogens is 2. The first-order valence-corrected chi connectivity index (χ1v) is 7.67. The standard InChI is InChI=1S/C16H26F2N6O/c1-19-11-24(20-2)10-16(25,9-23(5)21-12-22(3)4)14-7-6-13(17)8-15(14)18/h6-8,11-12,20,25H,9-10H2,1-5H3/b19-11?,21-12-. The van der Waals surface area contributed by atoms with E-state index in [0.29, 0.717) is 0 Å². The second-order valence-electron chi connectivity index (χ2n) is 5.89. The van der Waals surface area contributed by atoms with E-state index in [4.69, 9.17) is 0 Å². The van der Waals surface area contributed by atoms with Crippen molar-refractivity contribution < 1.29 is 13.9 Å². The number of nitrogens with zero attached hydrogens (tertiary/aromatic N) is 5. The molecule has 0 amide bonds. The van der Waals surface area contributed by atoms with Crippen LogP contribution in [0, 0.1) is 11.6 Å². The lowest BCUT2D eigenvalue weighted by Crippen LogP contribution is -2.50. The quantitative estimate of drug-likeness (QED) is 0.387. The van der Waals surface area contributed by atoms with Gasteiger partial charge in [0, 0.05) is 46.9 Å². The van der Waals surface area contributed by atoms with E-state index in [1.54, 1.807) is 32.4 Å². The predicted molar refractivity (Wildman–Crippen MR) is 95.2 cm³/mol. The van der Waals surface area contributed by atoms with E-state index in [0.717, 1.165) is 12.1 Å². The number of hydrazone groups is 1. The molecule has 0 heterocycles. The van der Waals surface area contributed by atoms with E-state index in [2.05, 4.69) is 15.5 Å². The number of aliphatic imine (C=N–C) groups is 1. The van der Waals surface area contributed by atoms with Crippen LogP contribution in [-0.4, -0.2) is 81.0 Å². The number of likely N-dealkylation sites (N-methyl/N-ethyl adjacent to an activating group) is 1. The van der Waals surface area contributed by atoms with Crippen LogP contribution in [0.15, 0.2) is 28.3 Å². The Morgan fingerprint density at radius 2 is 1.88 bits per heavy atom. The molecule has 1 atom stereocenters. The molecule has 0 aliphatic heterocycles. The van der Waals surface area contributed by atoms with Crippen molar-refractivity contribution in [2.45, 2.75) is 5.60 Å². The first-order valence-electron chi connectivity index (χ1n) is 7.67. The highest BCUT2D eigenvalue weighted by Crippen LogP contribution is 2.26. The van der Waals surface area contributed by atoms with Crippen molar-refractivity contribution in [2.24, 2.45) is 10.1 Å². The number of hydrazine groups is 1. The highest BCUT2D eigenvalue weighted by molar-refractivity contribution is 5.54. The van der Waals surface area contributed by atoms with Gasteiger partial charge in [-0.25, -0.2) is 14.2 Å². The van der Waals surface area contributed by atoms with Crippen molar-refractivity contribution >= 4 is 12.7 Å². The van der Waals surface area contributed by atoms with Gasteiger partial charge in [0.1, 0.15) is 23.6 Å². The van der Waals surface area contributed by atoms with Gasteiger partial charge in [0.05, 0.1) is 19.4 Å². The third-order valence-electron chi connectivity index (χ3n) is 3.38. The van der Waals surface area contributed by atoms with Gasteiger partial charge in [0.25, 0.3) is 0 Å². The van der Waals surface area contributed by atoms with Crippen molar-refractivity contribution in [3.63, 3.8) is 0 Å². The van der Waals surface area contributed by atoms with Crippen molar-refractivity contribution in [3.8, 4) is 0 Å². The van der Waals surface area contributed by atoms with Crippen molar-refractivity contribution in [3.05, 3.63) is 35.4 Å². The zero-order chi connectivity index (χ0) is 19.0. The van der Waals surface area contributed by atoms with E-state index in [9.17, 15) is 13.9 Å². The average Bonchev–Trinajstić information content (AvgIpc) is 2.52.